The van der Waals surface area contributed by atoms with E-state index in [1.54, 1.807) is 40.7 Å². The lowest BCUT2D eigenvalue weighted by Gasteiger charge is -2.47. The minimum atomic E-state index is -1.93. The SMILES string of the molecule is C=CCO[C@]1(C)C[C@@H](C)/C(=N\O)[C@H](C)[C@@H](O)[C@](C)(O)[C@@H](CC)OC(=O)[C@H](C)C(=O)[C@H](C)[C@H]1O[C@@H]1O[C@H](C)C[C@H](N(C)C)[C@H]1O. The van der Waals surface area contributed by atoms with Gasteiger partial charge in [0.05, 0.1) is 36.2 Å². The number of aliphatic hydroxyl groups excluding tert-OH is 2. The molecule has 2 aliphatic rings. The van der Waals surface area contributed by atoms with Crippen LogP contribution in [0.5, 0.6) is 0 Å². The number of hydrogen-bond donors (Lipinski definition) is 4. The van der Waals surface area contributed by atoms with Crippen LogP contribution < -0.4 is 0 Å². The topological polar surface area (TPSA) is 168 Å². The van der Waals surface area contributed by atoms with Crippen molar-refractivity contribution < 1.29 is 49.1 Å². The maximum atomic E-state index is 14.0. The van der Waals surface area contributed by atoms with Crippen molar-refractivity contribution in [1.29, 1.82) is 0 Å². The van der Waals surface area contributed by atoms with E-state index in [0.717, 1.165) is 0 Å². The van der Waals surface area contributed by atoms with Crippen LogP contribution in [0.3, 0.4) is 0 Å². The van der Waals surface area contributed by atoms with Gasteiger partial charge in [0.1, 0.15) is 23.7 Å². The number of hydrogen-bond acceptors (Lipinski definition) is 12. The first-order chi connectivity index (χ1) is 20.4. The molecule has 0 aromatic heterocycles. The maximum Gasteiger partial charge on any atom is 0.316 e. The third kappa shape index (κ3) is 8.26. The van der Waals surface area contributed by atoms with Crippen molar-refractivity contribution in [2.24, 2.45) is 28.8 Å². The van der Waals surface area contributed by atoms with Gasteiger partial charge in [0, 0.05) is 23.8 Å². The summed E-state index contributed by atoms with van der Waals surface area (Å²) >= 11 is 0. The highest BCUT2D eigenvalue weighted by molar-refractivity contribution is 6.00. The molecule has 44 heavy (non-hydrogen) atoms. The van der Waals surface area contributed by atoms with E-state index in [-0.39, 0.29) is 37.3 Å². The minimum absolute atomic E-state index is 0.0725. The molecular weight excluding hydrogens is 572 g/mol. The van der Waals surface area contributed by atoms with E-state index in [1.807, 2.05) is 25.9 Å². The van der Waals surface area contributed by atoms with Gasteiger partial charge >= 0.3 is 5.97 Å². The van der Waals surface area contributed by atoms with Crippen molar-refractivity contribution in [3.05, 3.63) is 12.7 Å². The molecule has 2 saturated heterocycles. The van der Waals surface area contributed by atoms with Gasteiger partial charge in [-0.25, -0.2) is 0 Å². The first-order valence-electron chi connectivity index (χ1n) is 15.6. The standard InChI is InChI=1S/C32H56N2O10/c1-12-14-41-31(8)16-17(3)24(33-40)19(5)27(37)32(9,39)23(13-2)43-29(38)21(7)25(35)20(6)28(31)44-30-26(36)22(34(10)11)15-18(4)42-30/h12,17-23,26-28,30,36-37,39-40H,1,13-16H2,2-11H3/b33-24+/t17-,18-,19+,20+,21-,22+,23-,26-,27-,28-,30+,31-,32-/m1/s1. The summed E-state index contributed by atoms with van der Waals surface area (Å²) < 4.78 is 24.6. The molecule has 0 spiro atoms. The van der Waals surface area contributed by atoms with Crippen LogP contribution in [0.1, 0.15) is 74.7 Å². The van der Waals surface area contributed by atoms with E-state index in [9.17, 15) is 30.1 Å². The maximum absolute atomic E-state index is 14.0. The summed E-state index contributed by atoms with van der Waals surface area (Å²) in [5.74, 6) is -5.01. The van der Waals surface area contributed by atoms with Gasteiger partial charge in [0.2, 0.25) is 0 Å². The quantitative estimate of drug-likeness (QED) is 0.108. The zero-order valence-corrected chi connectivity index (χ0v) is 28.1. The molecule has 0 unspecified atom stereocenters. The lowest BCUT2D eigenvalue weighted by Crippen LogP contribution is -2.60. The Morgan fingerprint density at radius 1 is 1.11 bits per heavy atom. The van der Waals surface area contributed by atoms with Crippen LogP contribution in [0.15, 0.2) is 17.8 Å². The Kier molecular flexibility index (Phi) is 13.5. The second kappa shape index (κ2) is 15.6. The van der Waals surface area contributed by atoms with Crippen molar-refractivity contribution in [2.75, 3.05) is 20.7 Å². The van der Waals surface area contributed by atoms with E-state index < -0.39 is 77.3 Å². The molecule has 0 amide bonds. The normalized spacial score (nSPS) is 44.3. The van der Waals surface area contributed by atoms with Crippen molar-refractivity contribution >= 4 is 17.5 Å². The Hall–Kier alpha value is -1.93. The number of esters is 1. The van der Waals surface area contributed by atoms with Gasteiger partial charge in [-0.3, -0.25) is 9.59 Å². The van der Waals surface area contributed by atoms with E-state index in [1.165, 1.54) is 13.8 Å². The lowest BCUT2D eigenvalue weighted by molar-refractivity contribution is -0.296. The average molecular weight is 629 g/mol. The van der Waals surface area contributed by atoms with Crippen molar-refractivity contribution in [3.63, 3.8) is 0 Å². The first-order valence-corrected chi connectivity index (χ1v) is 15.6. The Morgan fingerprint density at radius 3 is 2.25 bits per heavy atom. The van der Waals surface area contributed by atoms with Crippen molar-refractivity contribution in [2.45, 2.75) is 129 Å². The number of carbonyl (C=O) groups is 2. The molecule has 0 bridgehead atoms. The number of rotatable bonds is 7. The third-order valence-electron chi connectivity index (χ3n) is 9.52. The van der Waals surface area contributed by atoms with Crippen LogP contribution in [-0.4, -0.2) is 118 Å². The number of cyclic esters (lactones) is 1. The third-order valence-corrected chi connectivity index (χ3v) is 9.52. The van der Waals surface area contributed by atoms with Crippen LogP contribution in [0.4, 0.5) is 0 Å². The molecule has 2 aliphatic heterocycles. The summed E-state index contributed by atoms with van der Waals surface area (Å²) in [5, 5.41) is 47.7. The largest absolute Gasteiger partial charge is 0.459 e. The Balaban J connectivity index is 2.73. The second-order valence-corrected chi connectivity index (χ2v) is 13.4. The molecule has 2 rings (SSSR count). The van der Waals surface area contributed by atoms with Crippen molar-refractivity contribution in [3.8, 4) is 0 Å². The molecule has 0 aromatic rings. The van der Waals surface area contributed by atoms with E-state index in [0.29, 0.717) is 6.42 Å². The van der Waals surface area contributed by atoms with Gasteiger partial charge in [-0.1, -0.05) is 38.9 Å². The van der Waals surface area contributed by atoms with Gasteiger partial charge in [-0.05, 0) is 61.1 Å². The fraction of sp³-hybridized carbons (Fsp3) is 0.844. The number of nitrogens with zero attached hydrogens (tertiary/aromatic N) is 2. The zero-order valence-electron chi connectivity index (χ0n) is 28.1. The summed E-state index contributed by atoms with van der Waals surface area (Å²) in [6.07, 6.45) is -3.75. The number of ether oxygens (including phenoxy) is 4. The fourth-order valence-electron chi connectivity index (χ4n) is 6.82. The number of ketones is 1. The molecule has 0 saturated carbocycles. The molecular formula is C32H56N2O10. The molecule has 13 atom stereocenters. The monoisotopic (exact) mass is 628 g/mol. The lowest BCUT2D eigenvalue weighted by atomic mass is 9.74. The summed E-state index contributed by atoms with van der Waals surface area (Å²) in [5.41, 5.74) is -3.05. The number of oxime groups is 1. The van der Waals surface area contributed by atoms with Crippen LogP contribution in [-0.2, 0) is 28.5 Å². The molecule has 0 aromatic carbocycles. The average Bonchev–Trinajstić information content (AvgIpc) is 2.96. The molecule has 4 N–H and O–H groups in total. The number of aliphatic hydroxyl groups is 3. The van der Waals surface area contributed by atoms with Gasteiger partial charge < -0.3 is 44.4 Å². The first kappa shape index (κ1) is 38.3. The summed E-state index contributed by atoms with van der Waals surface area (Å²) in [6.45, 7) is 17.0. The van der Waals surface area contributed by atoms with Crippen LogP contribution in [0.2, 0.25) is 0 Å². The molecule has 2 heterocycles. The van der Waals surface area contributed by atoms with Gasteiger partial charge in [-0.15, -0.1) is 6.58 Å². The summed E-state index contributed by atoms with van der Waals surface area (Å²) in [7, 11) is 3.71. The molecule has 0 radical (unpaired) electrons. The highest BCUT2D eigenvalue weighted by atomic mass is 16.7. The molecule has 12 heteroatoms. The van der Waals surface area contributed by atoms with Crippen molar-refractivity contribution in [1.82, 2.24) is 4.90 Å². The second-order valence-electron chi connectivity index (χ2n) is 13.4. The van der Waals surface area contributed by atoms with Crippen LogP contribution >= 0.6 is 0 Å². The van der Waals surface area contributed by atoms with Crippen LogP contribution in [0.25, 0.3) is 0 Å². The Bertz CT molecular complexity index is 1020. The molecule has 2 fully saturated rings. The molecule has 12 nitrogen and oxygen atoms in total. The molecule has 254 valence electrons. The van der Waals surface area contributed by atoms with Crippen LogP contribution in [0, 0.1) is 23.7 Å². The summed E-state index contributed by atoms with van der Waals surface area (Å²) in [6, 6.07) is -0.282. The smallest absolute Gasteiger partial charge is 0.316 e. The minimum Gasteiger partial charge on any atom is -0.459 e. The zero-order chi connectivity index (χ0) is 33.7. The Morgan fingerprint density at radius 2 is 1.73 bits per heavy atom. The highest BCUT2D eigenvalue weighted by Crippen LogP contribution is 2.39. The van der Waals surface area contributed by atoms with Gasteiger partial charge in [0.15, 0.2) is 12.1 Å². The number of likely N-dealkylation sites (N-methyl/N-ethyl adjacent to an activating group) is 1. The summed E-state index contributed by atoms with van der Waals surface area (Å²) in [4.78, 5) is 29.2. The van der Waals surface area contributed by atoms with E-state index >= 15 is 0 Å². The Labute approximate surface area is 262 Å². The number of Topliss-reactive ketones (excluding diaryl/α,β-unsaturated/α-hetero) is 1. The van der Waals surface area contributed by atoms with E-state index in [4.69, 9.17) is 18.9 Å². The highest BCUT2D eigenvalue weighted by Gasteiger charge is 2.51. The van der Waals surface area contributed by atoms with E-state index in [2.05, 4.69) is 11.7 Å². The predicted molar refractivity (Wildman–Crippen MR) is 164 cm³/mol. The molecule has 0 aliphatic carbocycles. The van der Waals surface area contributed by atoms with Gasteiger partial charge in [0.25, 0.3) is 0 Å². The number of carbonyl (C=O) groups excluding carboxylic acids is 2. The predicted octanol–water partition coefficient (Wildman–Crippen LogP) is 2.54. The van der Waals surface area contributed by atoms with Gasteiger partial charge in [-0.2, -0.15) is 0 Å². The fourth-order valence-corrected chi connectivity index (χ4v) is 6.82.